The molecule has 0 aliphatic heterocycles. The first-order valence-corrected chi connectivity index (χ1v) is 6.32. The van der Waals surface area contributed by atoms with E-state index in [1.165, 1.54) is 0 Å². The van der Waals surface area contributed by atoms with Crippen LogP contribution in [0, 0.1) is 0 Å². The summed E-state index contributed by atoms with van der Waals surface area (Å²) in [6.07, 6.45) is 3.34. The Labute approximate surface area is 112 Å². The summed E-state index contributed by atoms with van der Waals surface area (Å²) in [5.41, 5.74) is 0.458. The smallest absolute Gasteiger partial charge is 0.407 e. The summed E-state index contributed by atoms with van der Waals surface area (Å²) in [6.45, 7) is 6.71. The molecule has 2 aromatic rings. The van der Waals surface area contributed by atoms with Gasteiger partial charge in [0, 0.05) is 30.9 Å². The maximum atomic E-state index is 11.5. The number of amides is 1. The van der Waals surface area contributed by atoms with Gasteiger partial charge in [-0.15, -0.1) is 0 Å². The highest BCUT2D eigenvalue weighted by molar-refractivity contribution is 5.75. The molecule has 102 valence electrons. The van der Waals surface area contributed by atoms with Crippen LogP contribution in [0.1, 0.15) is 20.8 Å². The van der Waals surface area contributed by atoms with E-state index in [0.29, 0.717) is 13.1 Å². The molecular formula is C14H19N3O2. The number of pyridine rings is 1. The SMILES string of the molecule is CC(C)(C)OC(=O)NCCn1ccc2cccnc21. The lowest BCUT2D eigenvalue weighted by atomic mass is 10.2. The molecule has 1 N–H and O–H groups in total. The number of alkyl carbamates (subject to hydrolysis) is 1. The lowest BCUT2D eigenvalue weighted by Gasteiger charge is -2.19. The Balaban J connectivity index is 1.88. The van der Waals surface area contributed by atoms with Crippen molar-refractivity contribution in [1.82, 2.24) is 14.9 Å². The number of nitrogens with zero attached hydrogens (tertiary/aromatic N) is 2. The number of fused-ring (bicyclic) bond motifs is 1. The van der Waals surface area contributed by atoms with E-state index in [1.54, 1.807) is 6.20 Å². The van der Waals surface area contributed by atoms with Gasteiger partial charge in [-0.3, -0.25) is 0 Å². The molecule has 5 nitrogen and oxygen atoms in total. The first kappa shape index (κ1) is 13.4. The third-order valence-electron chi connectivity index (χ3n) is 2.54. The van der Waals surface area contributed by atoms with Gasteiger partial charge in [0.25, 0.3) is 0 Å². The van der Waals surface area contributed by atoms with E-state index in [1.807, 2.05) is 49.7 Å². The fourth-order valence-corrected chi connectivity index (χ4v) is 1.79. The van der Waals surface area contributed by atoms with Crippen molar-refractivity contribution in [3.05, 3.63) is 30.6 Å². The number of aromatic nitrogens is 2. The van der Waals surface area contributed by atoms with Gasteiger partial charge >= 0.3 is 6.09 Å². The summed E-state index contributed by atoms with van der Waals surface area (Å²) in [7, 11) is 0. The summed E-state index contributed by atoms with van der Waals surface area (Å²) in [4.78, 5) is 15.8. The lowest BCUT2D eigenvalue weighted by molar-refractivity contribution is 0.0526. The number of hydrogen-bond acceptors (Lipinski definition) is 3. The van der Waals surface area contributed by atoms with Gasteiger partial charge in [0.2, 0.25) is 0 Å². The van der Waals surface area contributed by atoms with Crippen LogP contribution in [0.15, 0.2) is 30.6 Å². The highest BCUT2D eigenvalue weighted by Gasteiger charge is 2.15. The molecule has 0 aliphatic rings. The third-order valence-corrected chi connectivity index (χ3v) is 2.54. The van der Waals surface area contributed by atoms with Gasteiger partial charge in [-0.1, -0.05) is 0 Å². The minimum Gasteiger partial charge on any atom is -0.444 e. The summed E-state index contributed by atoms with van der Waals surface area (Å²) in [5, 5.41) is 3.83. The zero-order valence-electron chi connectivity index (χ0n) is 11.5. The number of hydrogen-bond donors (Lipinski definition) is 1. The Kier molecular flexibility index (Phi) is 3.74. The standard InChI is InChI=1S/C14H19N3O2/c1-14(2,3)19-13(18)16-8-10-17-9-6-11-5-4-7-15-12(11)17/h4-7,9H,8,10H2,1-3H3,(H,16,18). The molecule has 5 heteroatoms. The van der Waals surface area contributed by atoms with Crippen molar-refractivity contribution in [3.63, 3.8) is 0 Å². The highest BCUT2D eigenvalue weighted by atomic mass is 16.6. The zero-order chi connectivity index (χ0) is 13.9. The van der Waals surface area contributed by atoms with Crippen molar-refractivity contribution in [2.75, 3.05) is 6.54 Å². The number of carbonyl (C=O) groups excluding carboxylic acids is 1. The van der Waals surface area contributed by atoms with Crippen LogP contribution in [0.25, 0.3) is 11.0 Å². The molecule has 0 unspecified atom stereocenters. The van der Waals surface area contributed by atoms with Crippen LogP contribution in [0.2, 0.25) is 0 Å². The molecular weight excluding hydrogens is 242 g/mol. The van der Waals surface area contributed by atoms with Crippen molar-refractivity contribution in [3.8, 4) is 0 Å². The highest BCUT2D eigenvalue weighted by Crippen LogP contribution is 2.11. The normalized spacial score (nSPS) is 11.5. The molecule has 0 atom stereocenters. The monoisotopic (exact) mass is 261 g/mol. The lowest BCUT2D eigenvalue weighted by Crippen LogP contribution is -2.34. The van der Waals surface area contributed by atoms with Crippen LogP contribution in [0.4, 0.5) is 4.79 Å². The van der Waals surface area contributed by atoms with Crippen molar-refractivity contribution in [2.45, 2.75) is 32.9 Å². The molecule has 2 heterocycles. The van der Waals surface area contributed by atoms with Gasteiger partial charge in [-0.25, -0.2) is 9.78 Å². The van der Waals surface area contributed by atoms with Crippen molar-refractivity contribution in [2.24, 2.45) is 0 Å². The topological polar surface area (TPSA) is 56.1 Å². The Hall–Kier alpha value is -2.04. The molecule has 1 amide bonds. The molecule has 0 aliphatic carbocycles. The van der Waals surface area contributed by atoms with Crippen LogP contribution in [-0.2, 0) is 11.3 Å². The van der Waals surface area contributed by atoms with Crippen LogP contribution < -0.4 is 5.32 Å². The molecule has 0 saturated heterocycles. The van der Waals surface area contributed by atoms with E-state index in [4.69, 9.17) is 4.74 Å². The minimum atomic E-state index is -0.466. The molecule has 0 fully saturated rings. The summed E-state index contributed by atoms with van der Waals surface area (Å²) in [5.74, 6) is 0. The summed E-state index contributed by atoms with van der Waals surface area (Å²) in [6, 6.07) is 5.93. The van der Waals surface area contributed by atoms with Crippen LogP contribution in [0.5, 0.6) is 0 Å². The van der Waals surface area contributed by atoms with Gasteiger partial charge in [-0.2, -0.15) is 0 Å². The van der Waals surface area contributed by atoms with E-state index in [2.05, 4.69) is 10.3 Å². The van der Waals surface area contributed by atoms with Gasteiger partial charge in [0.1, 0.15) is 11.2 Å². The molecule has 0 spiro atoms. The second-order valence-corrected chi connectivity index (χ2v) is 5.35. The Bertz CT molecular complexity index is 569. The number of nitrogens with one attached hydrogen (secondary N) is 1. The maximum Gasteiger partial charge on any atom is 0.407 e. The van der Waals surface area contributed by atoms with E-state index in [9.17, 15) is 4.79 Å². The summed E-state index contributed by atoms with van der Waals surface area (Å²) < 4.78 is 7.18. The van der Waals surface area contributed by atoms with Crippen LogP contribution >= 0.6 is 0 Å². The largest absolute Gasteiger partial charge is 0.444 e. The first-order valence-electron chi connectivity index (χ1n) is 6.32. The van der Waals surface area contributed by atoms with Gasteiger partial charge < -0.3 is 14.6 Å². The van der Waals surface area contributed by atoms with E-state index in [0.717, 1.165) is 11.0 Å². The van der Waals surface area contributed by atoms with E-state index >= 15 is 0 Å². The molecule has 2 aromatic heterocycles. The number of ether oxygens (including phenoxy) is 1. The Morgan fingerprint density at radius 2 is 2.21 bits per heavy atom. The molecule has 0 bridgehead atoms. The number of carbonyl (C=O) groups is 1. The predicted octanol–water partition coefficient (Wildman–Crippen LogP) is 2.56. The van der Waals surface area contributed by atoms with Crippen molar-refractivity contribution >= 4 is 17.1 Å². The third kappa shape index (κ3) is 3.71. The number of rotatable bonds is 3. The Morgan fingerprint density at radius 3 is 2.95 bits per heavy atom. The van der Waals surface area contributed by atoms with Crippen LogP contribution in [0.3, 0.4) is 0 Å². The first-order chi connectivity index (χ1) is 8.96. The molecule has 0 radical (unpaired) electrons. The van der Waals surface area contributed by atoms with E-state index < -0.39 is 11.7 Å². The van der Waals surface area contributed by atoms with E-state index in [-0.39, 0.29) is 0 Å². The molecule has 2 rings (SSSR count). The second kappa shape index (κ2) is 5.30. The second-order valence-electron chi connectivity index (χ2n) is 5.35. The minimum absolute atomic E-state index is 0.392. The Morgan fingerprint density at radius 1 is 1.42 bits per heavy atom. The van der Waals surface area contributed by atoms with Gasteiger partial charge in [0.15, 0.2) is 0 Å². The maximum absolute atomic E-state index is 11.5. The zero-order valence-corrected chi connectivity index (χ0v) is 11.5. The fraction of sp³-hybridized carbons (Fsp3) is 0.429. The molecule has 19 heavy (non-hydrogen) atoms. The quantitative estimate of drug-likeness (QED) is 0.923. The van der Waals surface area contributed by atoms with Gasteiger partial charge in [-0.05, 0) is 39.0 Å². The summed E-state index contributed by atoms with van der Waals surface area (Å²) >= 11 is 0. The van der Waals surface area contributed by atoms with Crippen LogP contribution in [-0.4, -0.2) is 27.8 Å². The van der Waals surface area contributed by atoms with Crippen molar-refractivity contribution < 1.29 is 9.53 Å². The van der Waals surface area contributed by atoms with Gasteiger partial charge in [0.05, 0.1) is 0 Å². The molecule has 0 aromatic carbocycles. The average Bonchev–Trinajstić information content (AvgIpc) is 2.70. The fourth-order valence-electron chi connectivity index (χ4n) is 1.79. The molecule has 0 saturated carbocycles. The predicted molar refractivity (Wildman–Crippen MR) is 74.0 cm³/mol. The van der Waals surface area contributed by atoms with Crippen molar-refractivity contribution in [1.29, 1.82) is 0 Å². The average molecular weight is 261 g/mol.